The van der Waals surface area contributed by atoms with Crippen molar-refractivity contribution < 1.29 is 29.0 Å². The molecule has 0 saturated heterocycles. The maximum absolute atomic E-state index is 11.8. The lowest BCUT2D eigenvalue weighted by Crippen LogP contribution is -2.43. The minimum absolute atomic E-state index is 0.0276. The Labute approximate surface area is 136 Å². The molecular weight excluding hydrogens is 302 g/mol. The molecule has 0 spiro atoms. The molecule has 1 atom stereocenters. The Morgan fingerprint density at radius 2 is 1.78 bits per heavy atom. The lowest BCUT2D eigenvalue weighted by atomic mass is 9.98. The van der Waals surface area contributed by atoms with Crippen molar-refractivity contribution in [2.75, 3.05) is 0 Å². The summed E-state index contributed by atoms with van der Waals surface area (Å²) in [5.74, 6) is -1.63. The van der Waals surface area contributed by atoms with Crippen molar-refractivity contribution in [3.05, 3.63) is 0 Å². The Hall–Kier alpha value is -1.79. The van der Waals surface area contributed by atoms with Gasteiger partial charge < -0.3 is 19.9 Å². The van der Waals surface area contributed by atoms with Crippen LogP contribution in [0.15, 0.2) is 0 Å². The quantitative estimate of drug-likeness (QED) is 0.726. The third-order valence-electron chi connectivity index (χ3n) is 3.48. The van der Waals surface area contributed by atoms with Crippen LogP contribution in [0.1, 0.15) is 65.7 Å². The van der Waals surface area contributed by atoms with Crippen molar-refractivity contribution in [2.45, 2.75) is 83.5 Å². The molecular formula is C16H27NO6. The molecule has 1 aliphatic carbocycles. The third-order valence-corrected chi connectivity index (χ3v) is 3.48. The van der Waals surface area contributed by atoms with Crippen LogP contribution in [0.3, 0.4) is 0 Å². The van der Waals surface area contributed by atoms with Crippen LogP contribution in [0.25, 0.3) is 0 Å². The second-order valence-electron chi connectivity index (χ2n) is 6.83. The lowest BCUT2D eigenvalue weighted by molar-refractivity contribution is -0.151. The second kappa shape index (κ2) is 8.74. The number of carboxylic acid groups (broad SMARTS) is 1. The van der Waals surface area contributed by atoms with Crippen molar-refractivity contribution in [2.24, 2.45) is 0 Å². The molecule has 0 aromatic heterocycles. The van der Waals surface area contributed by atoms with Gasteiger partial charge in [0.1, 0.15) is 17.7 Å². The van der Waals surface area contributed by atoms with Gasteiger partial charge >= 0.3 is 18.0 Å². The SMILES string of the molecule is CC(C)(C)OC(=O)NC(CCC(=O)OC1CCCCC1)C(=O)O. The maximum Gasteiger partial charge on any atom is 0.408 e. The van der Waals surface area contributed by atoms with Crippen molar-refractivity contribution in [3.63, 3.8) is 0 Å². The van der Waals surface area contributed by atoms with Crippen LogP contribution in [-0.2, 0) is 19.1 Å². The Kier molecular flexibility index (Phi) is 7.32. The summed E-state index contributed by atoms with van der Waals surface area (Å²) in [4.78, 5) is 34.6. The van der Waals surface area contributed by atoms with Crippen LogP contribution < -0.4 is 5.32 Å². The zero-order valence-electron chi connectivity index (χ0n) is 14.1. The van der Waals surface area contributed by atoms with Gasteiger partial charge in [0.05, 0.1) is 0 Å². The van der Waals surface area contributed by atoms with Gasteiger partial charge in [-0.3, -0.25) is 4.79 Å². The number of ether oxygens (including phenoxy) is 2. The number of nitrogens with one attached hydrogen (secondary N) is 1. The van der Waals surface area contributed by atoms with E-state index in [0.29, 0.717) is 0 Å². The molecule has 0 aromatic rings. The molecule has 1 amide bonds. The fraction of sp³-hybridized carbons (Fsp3) is 0.812. The minimum Gasteiger partial charge on any atom is -0.480 e. The number of esters is 1. The minimum atomic E-state index is -1.21. The van der Waals surface area contributed by atoms with Gasteiger partial charge in [-0.1, -0.05) is 6.42 Å². The molecule has 1 saturated carbocycles. The van der Waals surface area contributed by atoms with Crippen LogP contribution in [0.5, 0.6) is 0 Å². The van der Waals surface area contributed by atoms with Gasteiger partial charge in [-0.25, -0.2) is 9.59 Å². The number of carbonyl (C=O) groups excluding carboxylic acids is 2. The Bertz CT molecular complexity index is 423. The van der Waals surface area contributed by atoms with Crippen molar-refractivity contribution in [3.8, 4) is 0 Å². The molecule has 0 aliphatic heterocycles. The highest BCUT2D eigenvalue weighted by Gasteiger charge is 2.25. The van der Waals surface area contributed by atoms with Gasteiger partial charge in [0.15, 0.2) is 0 Å². The molecule has 7 heteroatoms. The van der Waals surface area contributed by atoms with Gasteiger partial charge in [-0.2, -0.15) is 0 Å². The van der Waals surface area contributed by atoms with Gasteiger partial charge in [0, 0.05) is 6.42 Å². The van der Waals surface area contributed by atoms with E-state index in [2.05, 4.69) is 5.32 Å². The largest absolute Gasteiger partial charge is 0.480 e. The van der Waals surface area contributed by atoms with E-state index in [1.54, 1.807) is 20.8 Å². The molecule has 0 aromatic carbocycles. The number of aliphatic carboxylic acids is 1. The van der Waals surface area contributed by atoms with E-state index in [4.69, 9.17) is 14.6 Å². The average molecular weight is 329 g/mol. The fourth-order valence-electron chi connectivity index (χ4n) is 2.40. The molecule has 1 rings (SSSR count). The smallest absolute Gasteiger partial charge is 0.408 e. The summed E-state index contributed by atoms with van der Waals surface area (Å²) in [7, 11) is 0. The summed E-state index contributed by atoms with van der Waals surface area (Å²) in [5, 5.41) is 11.4. The zero-order chi connectivity index (χ0) is 17.5. The highest BCUT2D eigenvalue weighted by Crippen LogP contribution is 2.21. The van der Waals surface area contributed by atoms with Crippen LogP contribution >= 0.6 is 0 Å². The van der Waals surface area contributed by atoms with Crippen LogP contribution in [0, 0.1) is 0 Å². The number of carboxylic acids is 1. The van der Waals surface area contributed by atoms with E-state index in [-0.39, 0.29) is 18.9 Å². The van der Waals surface area contributed by atoms with Gasteiger partial charge in [0.25, 0.3) is 0 Å². The highest BCUT2D eigenvalue weighted by atomic mass is 16.6. The number of hydrogen-bond acceptors (Lipinski definition) is 5. The standard InChI is InChI=1S/C16H27NO6/c1-16(2,3)23-15(21)17-12(14(19)20)9-10-13(18)22-11-7-5-4-6-8-11/h11-12H,4-10H2,1-3H3,(H,17,21)(H,19,20). The van der Waals surface area contributed by atoms with Crippen molar-refractivity contribution >= 4 is 18.0 Å². The summed E-state index contributed by atoms with van der Waals surface area (Å²) in [6.07, 6.45) is 4.04. The van der Waals surface area contributed by atoms with Gasteiger partial charge in [-0.15, -0.1) is 0 Å². The molecule has 1 fully saturated rings. The first-order chi connectivity index (χ1) is 10.7. The van der Waals surface area contributed by atoms with E-state index in [0.717, 1.165) is 32.1 Å². The predicted octanol–water partition coefficient (Wildman–Crippen LogP) is 2.62. The molecule has 0 bridgehead atoms. The molecule has 1 aliphatic rings. The van der Waals surface area contributed by atoms with E-state index < -0.39 is 29.7 Å². The monoisotopic (exact) mass is 329 g/mol. The van der Waals surface area contributed by atoms with Crippen LogP contribution in [0.4, 0.5) is 4.79 Å². The van der Waals surface area contributed by atoms with Crippen LogP contribution in [-0.4, -0.2) is 40.9 Å². The number of carbonyl (C=O) groups is 3. The summed E-state index contributed by atoms with van der Waals surface area (Å²) in [5.41, 5.74) is -0.715. The maximum atomic E-state index is 11.8. The second-order valence-corrected chi connectivity index (χ2v) is 6.83. The zero-order valence-corrected chi connectivity index (χ0v) is 14.1. The molecule has 132 valence electrons. The molecule has 1 unspecified atom stereocenters. The van der Waals surface area contributed by atoms with E-state index in [1.165, 1.54) is 0 Å². The molecule has 0 heterocycles. The number of alkyl carbamates (subject to hydrolysis) is 1. The summed E-state index contributed by atoms with van der Waals surface area (Å²) < 4.78 is 10.3. The molecule has 2 N–H and O–H groups in total. The number of rotatable bonds is 6. The third kappa shape index (κ3) is 8.42. The predicted molar refractivity (Wildman–Crippen MR) is 83.0 cm³/mol. The number of hydrogen-bond donors (Lipinski definition) is 2. The van der Waals surface area contributed by atoms with E-state index in [9.17, 15) is 14.4 Å². The normalized spacial score (nSPS) is 17.2. The van der Waals surface area contributed by atoms with Gasteiger partial charge in [-0.05, 0) is 52.9 Å². The van der Waals surface area contributed by atoms with E-state index in [1.807, 2.05) is 0 Å². The Balaban J connectivity index is 2.38. The first-order valence-corrected chi connectivity index (χ1v) is 8.09. The van der Waals surface area contributed by atoms with Crippen LogP contribution in [0.2, 0.25) is 0 Å². The molecule has 23 heavy (non-hydrogen) atoms. The first kappa shape index (κ1) is 19.3. The lowest BCUT2D eigenvalue weighted by Gasteiger charge is -2.23. The Morgan fingerprint density at radius 3 is 2.30 bits per heavy atom. The summed E-state index contributed by atoms with van der Waals surface area (Å²) in [6.45, 7) is 5.05. The van der Waals surface area contributed by atoms with Gasteiger partial charge in [0.2, 0.25) is 0 Å². The van der Waals surface area contributed by atoms with Crippen molar-refractivity contribution in [1.82, 2.24) is 5.32 Å². The molecule has 0 radical (unpaired) electrons. The Morgan fingerprint density at radius 1 is 1.17 bits per heavy atom. The van der Waals surface area contributed by atoms with E-state index >= 15 is 0 Å². The van der Waals surface area contributed by atoms with Crippen molar-refractivity contribution in [1.29, 1.82) is 0 Å². The highest BCUT2D eigenvalue weighted by molar-refractivity contribution is 5.80. The average Bonchev–Trinajstić information content (AvgIpc) is 2.42. The summed E-state index contributed by atoms with van der Waals surface area (Å²) >= 11 is 0. The number of amides is 1. The fourth-order valence-corrected chi connectivity index (χ4v) is 2.40. The first-order valence-electron chi connectivity index (χ1n) is 8.09. The molecule has 7 nitrogen and oxygen atoms in total. The topological polar surface area (TPSA) is 102 Å². The summed E-state index contributed by atoms with van der Waals surface area (Å²) in [6, 6.07) is -1.18.